The highest BCUT2D eigenvalue weighted by Crippen LogP contribution is 2.21. The SMILES string of the molecule is O=C(c1ccc(Br)cn1)N1CCCC(N2CCCC2)C1. The number of nitrogens with zero attached hydrogens (tertiary/aromatic N) is 3. The molecule has 0 aromatic carbocycles. The van der Waals surface area contributed by atoms with Gasteiger partial charge in [0.1, 0.15) is 5.69 Å². The Bertz CT molecular complexity index is 471. The van der Waals surface area contributed by atoms with Crippen molar-refractivity contribution in [3.8, 4) is 0 Å². The lowest BCUT2D eigenvalue weighted by Crippen LogP contribution is -2.49. The van der Waals surface area contributed by atoms with Crippen LogP contribution >= 0.6 is 15.9 Å². The van der Waals surface area contributed by atoms with E-state index >= 15 is 0 Å². The lowest BCUT2D eigenvalue weighted by atomic mass is 10.0. The van der Waals surface area contributed by atoms with Gasteiger partial charge < -0.3 is 4.90 Å². The molecule has 108 valence electrons. The van der Waals surface area contributed by atoms with Gasteiger partial charge in [0.15, 0.2) is 0 Å². The molecular formula is C15H20BrN3O. The van der Waals surface area contributed by atoms with Crippen molar-refractivity contribution in [2.75, 3.05) is 26.2 Å². The molecule has 2 aliphatic heterocycles. The third-order valence-electron chi connectivity index (χ3n) is 4.29. The van der Waals surface area contributed by atoms with Crippen LogP contribution in [-0.2, 0) is 0 Å². The predicted molar refractivity (Wildman–Crippen MR) is 81.7 cm³/mol. The van der Waals surface area contributed by atoms with E-state index in [1.165, 1.54) is 32.4 Å². The summed E-state index contributed by atoms with van der Waals surface area (Å²) >= 11 is 3.35. The van der Waals surface area contributed by atoms with Gasteiger partial charge in [-0.1, -0.05) is 0 Å². The number of aromatic nitrogens is 1. The largest absolute Gasteiger partial charge is 0.336 e. The summed E-state index contributed by atoms with van der Waals surface area (Å²) in [4.78, 5) is 21.3. The second-order valence-corrected chi connectivity index (χ2v) is 6.57. The molecular weight excluding hydrogens is 318 g/mol. The predicted octanol–water partition coefficient (Wildman–Crippen LogP) is 2.54. The first-order chi connectivity index (χ1) is 9.74. The first-order valence-corrected chi connectivity index (χ1v) is 8.18. The molecule has 2 saturated heterocycles. The van der Waals surface area contributed by atoms with Gasteiger partial charge >= 0.3 is 0 Å². The number of amides is 1. The fourth-order valence-electron chi connectivity index (χ4n) is 3.21. The molecule has 0 aliphatic carbocycles. The van der Waals surface area contributed by atoms with E-state index in [2.05, 4.69) is 25.8 Å². The molecule has 3 heterocycles. The molecule has 3 rings (SSSR count). The zero-order valence-corrected chi connectivity index (χ0v) is 13.2. The van der Waals surface area contributed by atoms with Crippen LogP contribution in [0.3, 0.4) is 0 Å². The molecule has 0 saturated carbocycles. The van der Waals surface area contributed by atoms with E-state index in [0.717, 1.165) is 24.0 Å². The number of halogens is 1. The van der Waals surface area contributed by atoms with Gasteiger partial charge in [0, 0.05) is 29.8 Å². The molecule has 5 heteroatoms. The lowest BCUT2D eigenvalue weighted by molar-refractivity contribution is 0.0602. The number of carbonyl (C=O) groups is 1. The fourth-order valence-corrected chi connectivity index (χ4v) is 3.44. The van der Waals surface area contributed by atoms with Crippen LogP contribution in [0.1, 0.15) is 36.2 Å². The third kappa shape index (κ3) is 3.04. The number of hydrogen-bond acceptors (Lipinski definition) is 3. The van der Waals surface area contributed by atoms with Crippen LogP contribution in [0.25, 0.3) is 0 Å². The highest BCUT2D eigenvalue weighted by atomic mass is 79.9. The van der Waals surface area contributed by atoms with Crippen molar-refractivity contribution < 1.29 is 4.79 Å². The van der Waals surface area contributed by atoms with Crippen LogP contribution < -0.4 is 0 Å². The molecule has 0 spiro atoms. The van der Waals surface area contributed by atoms with E-state index in [1.807, 2.05) is 11.0 Å². The number of carbonyl (C=O) groups excluding carboxylic acids is 1. The summed E-state index contributed by atoms with van der Waals surface area (Å²) in [5, 5.41) is 0. The maximum atomic E-state index is 12.5. The van der Waals surface area contributed by atoms with Crippen LogP contribution in [0.4, 0.5) is 0 Å². The number of pyridine rings is 1. The Balaban J connectivity index is 1.66. The summed E-state index contributed by atoms with van der Waals surface area (Å²) in [5.41, 5.74) is 0.551. The minimum Gasteiger partial charge on any atom is -0.336 e. The molecule has 0 radical (unpaired) electrons. The monoisotopic (exact) mass is 337 g/mol. The topological polar surface area (TPSA) is 36.4 Å². The Morgan fingerprint density at radius 3 is 2.70 bits per heavy atom. The van der Waals surface area contributed by atoms with Crippen molar-refractivity contribution in [3.63, 3.8) is 0 Å². The summed E-state index contributed by atoms with van der Waals surface area (Å²) in [5.74, 6) is 0.0707. The van der Waals surface area contributed by atoms with E-state index in [-0.39, 0.29) is 5.91 Å². The Labute approximate surface area is 128 Å². The molecule has 0 N–H and O–H groups in total. The lowest BCUT2D eigenvalue weighted by Gasteiger charge is -2.37. The highest BCUT2D eigenvalue weighted by Gasteiger charge is 2.29. The van der Waals surface area contributed by atoms with E-state index in [0.29, 0.717) is 11.7 Å². The number of hydrogen-bond donors (Lipinski definition) is 0. The van der Waals surface area contributed by atoms with Crippen molar-refractivity contribution in [1.29, 1.82) is 0 Å². The van der Waals surface area contributed by atoms with Crippen LogP contribution in [0.15, 0.2) is 22.8 Å². The average molecular weight is 338 g/mol. The second kappa shape index (κ2) is 6.22. The van der Waals surface area contributed by atoms with Crippen LogP contribution in [-0.4, -0.2) is 52.9 Å². The van der Waals surface area contributed by atoms with Crippen LogP contribution in [0.5, 0.6) is 0 Å². The van der Waals surface area contributed by atoms with Gasteiger partial charge in [-0.05, 0) is 66.8 Å². The number of piperidine rings is 1. The van der Waals surface area contributed by atoms with E-state index in [4.69, 9.17) is 0 Å². The van der Waals surface area contributed by atoms with Gasteiger partial charge in [0.2, 0.25) is 0 Å². The van der Waals surface area contributed by atoms with E-state index < -0.39 is 0 Å². The molecule has 1 amide bonds. The molecule has 1 aromatic rings. The second-order valence-electron chi connectivity index (χ2n) is 5.65. The normalized spacial score (nSPS) is 24.1. The van der Waals surface area contributed by atoms with Crippen molar-refractivity contribution in [3.05, 3.63) is 28.5 Å². The zero-order valence-electron chi connectivity index (χ0n) is 11.6. The van der Waals surface area contributed by atoms with Crippen molar-refractivity contribution in [2.24, 2.45) is 0 Å². The average Bonchev–Trinajstić information content (AvgIpc) is 3.02. The first kappa shape index (κ1) is 14.0. The molecule has 4 nitrogen and oxygen atoms in total. The quantitative estimate of drug-likeness (QED) is 0.832. The Morgan fingerprint density at radius 2 is 2.00 bits per heavy atom. The number of likely N-dealkylation sites (tertiary alicyclic amines) is 2. The Kier molecular flexibility index (Phi) is 4.36. The summed E-state index contributed by atoms with van der Waals surface area (Å²) in [7, 11) is 0. The summed E-state index contributed by atoms with van der Waals surface area (Å²) < 4.78 is 0.905. The van der Waals surface area contributed by atoms with E-state index in [9.17, 15) is 4.79 Å². The first-order valence-electron chi connectivity index (χ1n) is 7.39. The summed E-state index contributed by atoms with van der Waals surface area (Å²) in [6.07, 6.45) is 6.62. The van der Waals surface area contributed by atoms with Crippen molar-refractivity contribution >= 4 is 21.8 Å². The third-order valence-corrected chi connectivity index (χ3v) is 4.76. The van der Waals surface area contributed by atoms with Gasteiger partial charge in [-0.3, -0.25) is 9.69 Å². The van der Waals surface area contributed by atoms with Gasteiger partial charge in [-0.2, -0.15) is 0 Å². The van der Waals surface area contributed by atoms with Gasteiger partial charge in [0.05, 0.1) is 0 Å². The summed E-state index contributed by atoms with van der Waals surface area (Å²) in [6, 6.07) is 4.22. The molecule has 1 atom stereocenters. The molecule has 1 aromatic heterocycles. The zero-order chi connectivity index (χ0) is 13.9. The van der Waals surface area contributed by atoms with E-state index in [1.54, 1.807) is 12.3 Å². The smallest absolute Gasteiger partial charge is 0.272 e. The fraction of sp³-hybridized carbons (Fsp3) is 0.600. The highest BCUT2D eigenvalue weighted by molar-refractivity contribution is 9.10. The van der Waals surface area contributed by atoms with Crippen molar-refractivity contribution in [2.45, 2.75) is 31.7 Å². The van der Waals surface area contributed by atoms with Crippen molar-refractivity contribution in [1.82, 2.24) is 14.8 Å². The molecule has 2 fully saturated rings. The molecule has 0 bridgehead atoms. The maximum Gasteiger partial charge on any atom is 0.272 e. The van der Waals surface area contributed by atoms with Gasteiger partial charge in [-0.15, -0.1) is 0 Å². The Morgan fingerprint density at radius 1 is 1.20 bits per heavy atom. The van der Waals surface area contributed by atoms with Gasteiger partial charge in [0.25, 0.3) is 5.91 Å². The summed E-state index contributed by atoms with van der Waals surface area (Å²) in [6.45, 7) is 4.12. The molecule has 1 unspecified atom stereocenters. The van der Waals surface area contributed by atoms with Crippen LogP contribution in [0, 0.1) is 0 Å². The molecule has 20 heavy (non-hydrogen) atoms. The number of rotatable bonds is 2. The maximum absolute atomic E-state index is 12.5. The minimum absolute atomic E-state index is 0.0707. The molecule has 2 aliphatic rings. The van der Waals surface area contributed by atoms with Gasteiger partial charge in [-0.25, -0.2) is 4.98 Å². The Hall–Kier alpha value is -0.940. The standard InChI is InChI=1S/C15H20BrN3O/c16-12-5-6-14(17-10-12)15(20)19-9-3-4-13(11-19)18-7-1-2-8-18/h5-6,10,13H,1-4,7-9,11H2. The van der Waals surface area contributed by atoms with Crippen LogP contribution in [0.2, 0.25) is 0 Å². The minimum atomic E-state index is 0.0707.